The molecular weight excluding hydrogens is 246 g/mol. The number of aliphatic carboxylic acids is 1. The van der Waals surface area contributed by atoms with Crippen molar-refractivity contribution in [2.45, 2.75) is 10.9 Å². The summed E-state index contributed by atoms with van der Waals surface area (Å²) in [6.07, 6.45) is 0. The van der Waals surface area contributed by atoms with Crippen molar-refractivity contribution >= 4 is 21.7 Å². The van der Waals surface area contributed by atoms with Gasteiger partial charge < -0.3 is 16.2 Å². The smallest absolute Gasteiger partial charge is 0.322 e. The molecule has 0 unspecified atom stereocenters. The number of anilines is 1. The summed E-state index contributed by atoms with van der Waals surface area (Å²) in [4.78, 5) is 10.4. The predicted octanol–water partition coefficient (Wildman–Crippen LogP) is -0.842. The second kappa shape index (κ2) is 5.13. The highest BCUT2D eigenvalue weighted by Gasteiger charge is 2.11. The van der Waals surface area contributed by atoms with Gasteiger partial charge in [-0.05, 0) is 24.3 Å². The fourth-order valence-corrected chi connectivity index (χ4v) is 1.59. The lowest BCUT2D eigenvalue weighted by molar-refractivity contribution is -0.138. The summed E-state index contributed by atoms with van der Waals surface area (Å²) >= 11 is 0. The number of rotatable bonds is 5. The average molecular weight is 259 g/mol. The first-order valence-electron chi connectivity index (χ1n) is 4.66. The highest BCUT2D eigenvalue weighted by Crippen LogP contribution is 2.12. The molecule has 1 aromatic carbocycles. The second-order valence-electron chi connectivity index (χ2n) is 3.40. The number of hydrogen-bond acceptors (Lipinski definition) is 5. The van der Waals surface area contributed by atoms with E-state index in [0.717, 1.165) is 0 Å². The molecule has 0 aliphatic rings. The van der Waals surface area contributed by atoms with E-state index >= 15 is 0 Å². The van der Waals surface area contributed by atoms with E-state index in [0.29, 0.717) is 5.69 Å². The van der Waals surface area contributed by atoms with E-state index in [9.17, 15) is 13.2 Å². The molecular formula is C9H13N3O4S. The Kier molecular flexibility index (Phi) is 4.05. The van der Waals surface area contributed by atoms with Crippen molar-refractivity contribution in [3.8, 4) is 0 Å². The second-order valence-corrected chi connectivity index (χ2v) is 4.96. The highest BCUT2D eigenvalue weighted by atomic mass is 32.2. The zero-order valence-electron chi connectivity index (χ0n) is 8.83. The van der Waals surface area contributed by atoms with Crippen molar-refractivity contribution in [1.82, 2.24) is 0 Å². The Balaban J connectivity index is 2.67. The van der Waals surface area contributed by atoms with Gasteiger partial charge in [-0.15, -0.1) is 0 Å². The third-order valence-electron chi connectivity index (χ3n) is 2.03. The Morgan fingerprint density at radius 2 is 1.88 bits per heavy atom. The molecule has 17 heavy (non-hydrogen) atoms. The van der Waals surface area contributed by atoms with Crippen LogP contribution in [0.4, 0.5) is 5.69 Å². The third kappa shape index (κ3) is 4.02. The summed E-state index contributed by atoms with van der Waals surface area (Å²) in [6.45, 7) is 0.0457. The van der Waals surface area contributed by atoms with Crippen LogP contribution in [0.25, 0.3) is 0 Å². The SMILES string of the molecule is N[C@@H](CNc1ccc(S(N)(=O)=O)cc1)C(=O)O. The van der Waals surface area contributed by atoms with Gasteiger partial charge in [0, 0.05) is 12.2 Å². The van der Waals surface area contributed by atoms with Crippen LogP contribution in [0, 0.1) is 0 Å². The van der Waals surface area contributed by atoms with Crippen LogP contribution in [0.3, 0.4) is 0 Å². The number of nitrogens with two attached hydrogens (primary N) is 2. The Morgan fingerprint density at radius 3 is 2.29 bits per heavy atom. The van der Waals surface area contributed by atoms with Crippen LogP contribution >= 0.6 is 0 Å². The number of primary sulfonamides is 1. The topological polar surface area (TPSA) is 136 Å². The van der Waals surface area contributed by atoms with E-state index in [1.54, 1.807) is 0 Å². The molecule has 0 bridgehead atoms. The Hall–Kier alpha value is -1.64. The van der Waals surface area contributed by atoms with Crippen LogP contribution in [0.15, 0.2) is 29.2 Å². The maximum Gasteiger partial charge on any atom is 0.322 e. The van der Waals surface area contributed by atoms with Crippen LogP contribution in [0.2, 0.25) is 0 Å². The molecule has 0 saturated carbocycles. The lowest BCUT2D eigenvalue weighted by Crippen LogP contribution is -2.36. The maximum absolute atomic E-state index is 11.0. The van der Waals surface area contributed by atoms with Crippen LogP contribution in [0.1, 0.15) is 0 Å². The van der Waals surface area contributed by atoms with Gasteiger partial charge in [0.05, 0.1) is 4.90 Å². The minimum absolute atomic E-state index is 0.00872. The molecule has 7 nitrogen and oxygen atoms in total. The molecule has 0 aromatic heterocycles. The summed E-state index contributed by atoms with van der Waals surface area (Å²) in [6, 6.07) is 4.59. The van der Waals surface area contributed by atoms with Crippen molar-refractivity contribution in [3.63, 3.8) is 0 Å². The third-order valence-corrected chi connectivity index (χ3v) is 2.96. The Bertz CT molecular complexity index is 497. The predicted molar refractivity (Wildman–Crippen MR) is 61.9 cm³/mol. The number of benzene rings is 1. The van der Waals surface area contributed by atoms with Gasteiger partial charge in [-0.3, -0.25) is 4.79 Å². The first-order chi connectivity index (χ1) is 7.80. The van der Waals surface area contributed by atoms with Gasteiger partial charge >= 0.3 is 5.97 Å². The summed E-state index contributed by atoms with van der Waals surface area (Å²) < 4.78 is 21.9. The van der Waals surface area contributed by atoms with Crippen molar-refractivity contribution in [2.75, 3.05) is 11.9 Å². The molecule has 1 atom stereocenters. The van der Waals surface area contributed by atoms with Crippen molar-refractivity contribution in [3.05, 3.63) is 24.3 Å². The molecule has 1 aromatic rings. The van der Waals surface area contributed by atoms with Gasteiger partial charge in [0.15, 0.2) is 0 Å². The monoisotopic (exact) mass is 259 g/mol. The quantitative estimate of drug-likeness (QED) is 0.544. The Labute approximate surface area is 98.5 Å². The van der Waals surface area contributed by atoms with Crippen molar-refractivity contribution in [2.24, 2.45) is 10.9 Å². The molecule has 0 fully saturated rings. The van der Waals surface area contributed by atoms with Gasteiger partial charge in [-0.1, -0.05) is 0 Å². The number of sulfonamides is 1. The highest BCUT2D eigenvalue weighted by molar-refractivity contribution is 7.89. The van der Waals surface area contributed by atoms with E-state index in [4.69, 9.17) is 16.0 Å². The molecule has 8 heteroatoms. The van der Waals surface area contributed by atoms with E-state index in [1.807, 2.05) is 0 Å². The molecule has 0 spiro atoms. The van der Waals surface area contributed by atoms with Gasteiger partial charge in [-0.25, -0.2) is 13.6 Å². The van der Waals surface area contributed by atoms with Crippen LogP contribution < -0.4 is 16.2 Å². The lowest BCUT2D eigenvalue weighted by atomic mass is 10.3. The van der Waals surface area contributed by atoms with Crippen LogP contribution in [0.5, 0.6) is 0 Å². The average Bonchev–Trinajstić information content (AvgIpc) is 2.25. The molecule has 0 radical (unpaired) electrons. The molecule has 94 valence electrons. The standard InChI is InChI=1S/C9H13N3O4S/c10-8(9(13)14)5-12-6-1-3-7(4-2-6)17(11,15)16/h1-4,8,12H,5,10H2,(H,13,14)(H2,11,15,16)/t8-/m0/s1. The van der Waals surface area contributed by atoms with Crippen LogP contribution in [-0.4, -0.2) is 32.1 Å². The molecule has 0 heterocycles. The summed E-state index contributed by atoms with van der Waals surface area (Å²) in [7, 11) is -3.71. The molecule has 0 amide bonds. The maximum atomic E-state index is 11.0. The number of hydrogen-bond donors (Lipinski definition) is 4. The molecule has 0 aliphatic carbocycles. The van der Waals surface area contributed by atoms with E-state index in [1.165, 1.54) is 24.3 Å². The zero-order chi connectivity index (χ0) is 13.1. The molecule has 6 N–H and O–H groups in total. The van der Waals surface area contributed by atoms with Crippen molar-refractivity contribution in [1.29, 1.82) is 0 Å². The number of carboxylic acids is 1. The molecule has 0 saturated heterocycles. The van der Waals surface area contributed by atoms with E-state index < -0.39 is 22.0 Å². The fraction of sp³-hybridized carbons (Fsp3) is 0.222. The fourth-order valence-electron chi connectivity index (χ4n) is 1.08. The Morgan fingerprint density at radius 1 is 1.35 bits per heavy atom. The summed E-state index contributed by atoms with van der Waals surface area (Å²) in [5.74, 6) is -1.11. The minimum atomic E-state index is -3.71. The normalized spacial score (nSPS) is 13.1. The first-order valence-corrected chi connectivity index (χ1v) is 6.20. The van der Waals surface area contributed by atoms with Crippen molar-refractivity contribution < 1.29 is 18.3 Å². The lowest BCUT2D eigenvalue weighted by Gasteiger charge is -2.09. The first kappa shape index (κ1) is 13.4. The summed E-state index contributed by atoms with van der Waals surface area (Å²) in [5, 5.41) is 16.2. The van der Waals surface area contributed by atoms with Gasteiger partial charge in [0.1, 0.15) is 6.04 Å². The minimum Gasteiger partial charge on any atom is -0.480 e. The summed E-state index contributed by atoms with van der Waals surface area (Å²) in [5.41, 5.74) is 5.85. The van der Waals surface area contributed by atoms with E-state index in [2.05, 4.69) is 5.32 Å². The van der Waals surface area contributed by atoms with Gasteiger partial charge in [0.2, 0.25) is 10.0 Å². The van der Waals surface area contributed by atoms with Crippen LogP contribution in [-0.2, 0) is 14.8 Å². The molecule has 0 aliphatic heterocycles. The van der Waals surface area contributed by atoms with Gasteiger partial charge in [-0.2, -0.15) is 0 Å². The van der Waals surface area contributed by atoms with Gasteiger partial charge in [0.25, 0.3) is 0 Å². The number of carbonyl (C=O) groups is 1. The largest absolute Gasteiger partial charge is 0.480 e. The number of carboxylic acid groups (broad SMARTS) is 1. The molecule has 1 rings (SSSR count). The number of nitrogens with one attached hydrogen (secondary N) is 1. The van der Waals surface area contributed by atoms with E-state index in [-0.39, 0.29) is 11.4 Å². The zero-order valence-corrected chi connectivity index (χ0v) is 9.65.